The van der Waals surface area contributed by atoms with E-state index in [-0.39, 0.29) is 0 Å². The zero-order valence-corrected chi connectivity index (χ0v) is 12.2. The highest BCUT2D eigenvalue weighted by atomic mass is 15.3. The van der Waals surface area contributed by atoms with Gasteiger partial charge in [-0.3, -0.25) is 4.90 Å². The van der Waals surface area contributed by atoms with Gasteiger partial charge in [-0.25, -0.2) is 0 Å². The molecule has 2 heterocycles. The maximum atomic E-state index is 3.59. The van der Waals surface area contributed by atoms with Crippen LogP contribution in [0.1, 0.15) is 45.4 Å². The molecule has 0 aromatic heterocycles. The molecule has 0 amide bonds. The smallest absolute Gasteiger partial charge is 0.0223 e. The molecule has 3 nitrogen and oxygen atoms in total. The number of hydrogen-bond acceptors (Lipinski definition) is 3. The molecule has 0 radical (unpaired) electrons. The molecule has 2 aliphatic heterocycles. The van der Waals surface area contributed by atoms with Crippen molar-refractivity contribution in [1.29, 1.82) is 0 Å². The van der Waals surface area contributed by atoms with E-state index in [9.17, 15) is 0 Å². The molecule has 2 aliphatic rings. The fraction of sp³-hybridized carbons (Fsp3) is 1.00. The lowest BCUT2D eigenvalue weighted by Crippen LogP contribution is -2.39. The highest BCUT2D eigenvalue weighted by molar-refractivity contribution is 4.84. The Hall–Kier alpha value is -0.120. The van der Waals surface area contributed by atoms with Gasteiger partial charge in [0.05, 0.1) is 0 Å². The second-order valence-electron chi connectivity index (χ2n) is 5.94. The number of hydrogen-bond donors (Lipinski definition) is 1. The predicted octanol–water partition coefficient (Wildman–Crippen LogP) is 1.94. The van der Waals surface area contributed by atoms with Crippen molar-refractivity contribution in [2.75, 3.05) is 45.8 Å². The molecule has 3 heteroatoms. The molecule has 0 aromatic rings. The molecule has 2 fully saturated rings. The van der Waals surface area contributed by atoms with Crippen LogP contribution < -0.4 is 5.32 Å². The van der Waals surface area contributed by atoms with Crippen LogP contribution in [0.5, 0.6) is 0 Å². The van der Waals surface area contributed by atoms with Crippen molar-refractivity contribution < 1.29 is 0 Å². The number of nitrogens with zero attached hydrogens (tertiary/aromatic N) is 2. The van der Waals surface area contributed by atoms with Crippen molar-refractivity contribution in [3.8, 4) is 0 Å². The van der Waals surface area contributed by atoms with Crippen LogP contribution in [0, 0.1) is 0 Å². The van der Waals surface area contributed by atoms with Crippen LogP contribution in [0.2, 0.25) is 0 Å². The molecule has 0 spiro atoms. The van der Waals surface area contributed by atoms with Crippen molar-refractivity contribution in [3.05, 3.63) is 0 Å². The Morgan fingerprint density at radius 2 is 1.94 bits per heavy atom. The zero-order valence-electron chi connectivity index (χ0n) is 12.2. The first-order chi connectivity index (χ1) is 8.90. The third kappa shape index (κ3) is 4.52. The van der Waals surface area contributed by atoms with Crippen molar-refractivity contribution >= 4 is 0 Å². The van der Waals surface area contributed by atoms with E-state index < -0.39 is 0 Å². The van der Waals surface area contributed by atoms with Gasteiger partial charge in [0, 0.05) is 25.7 Å². The third-order valence-corrected chi connectivity index (χ3v) is 4.45. The molecule has 1 N–H and O–H groups in total. The lowest BCUT2D eigenvalue weighted by atomic mass is 10.2. The summed E-state index contributed by atoms with van der Waals surface area (Å²) < 4.78 is 0. The summed E-state index contributed by atoms with van der Waals surface area (Å²) in [6.45, 7) is 11.2. The van der Waals surface area contributed by atoms with Crippen molar-refractivity contribution in [2.24, 2.45) is 0 Å². The molecule has 18 heavy (non-hydrogen) atoms. The fourth-order valence-corrected chi connectivity index (χ4v) is 3.35. The Kier molecular flexibility index (Phi) is 6.46. The Bertz CT molecular complexity index is 220. The summed E-state index contributed by atoms with van der Waals surface area (Å²) in [5, 5.41) is 3.59. The Labute approximate surface area is 113 Å². The highest BCUT2D eigenvalue weighted by Crippen LogP contribution is 2.20. The molecule has 2 saturated heterocycles. The summed E-state index contributed by atoms with van der Waals surface area (Å²) in [4.78, 5) is 5.40. The first kappa shape index (κ1) is 14.3. The minimum absolute atomic E-state index is 0.868. The molecule has 1 unspecified atom stereocenters. The number of unbranched alkanes of at least 4 members (excludes halogenated alkanes) is 2. The quantitative estimate of drug-likeness (QED) is 0.700. The average molecular weight is 253 g/mol. The van der Waals surface area contributed by atoms with E-state index in [0.29, 0.717) is 0 Å². The number of nitrogens with one attached hydrogen (secondary N) is 1. The lowest BCUT2D eigenvalue weighted by Gasteiger charge is -2.25. The fourth-order valence-electron chi connectivity index (χ4n) is 3.35. The summed E-state index contributed by atoms with van der Waals surface area (Å²) in [6.07, 6.45) is 8.26. The van der Waals surface area contributed by atoms with E-state index in [4.69, 9.17) is 0 Å². The predicted molar refractivity (Wildman–Crippen MR) is 78.0 cm³/mol. The maximum absolute atomic E-state index is 3.59. The summed E-state index contributed by atoms with van der Waals surface area (Å²) in [7, 11) is 0. The van der Waals surface area contributed by atoms with Gasteiger partial charge in [0.15, 0.2) is 0 Å². The summed E-state index contributed by atoms with van der Waals surface area (Å²) in [6, 6.07) is 0.868. The first-order valence-corrected chi connectivity index (χ1v) is 8.07. The topological polar surface area (TPSA) is 18.5 Å². The highest BCUT2D eigenvalue weighted by Gasteiger charge is 2.28. The average Bonchev–Trinajstić information content (AvgIpc) is 2.72. The third-order valence-electron chi connectivity index (χ3n) is 4.45. The summed E-state index contributed by atoms with van der Waals surface area (Å²) in [5.74, 6) is 0. The van der Waals surface area contributed by atoms with Crippen LogP contribution in [-0.4, -0.2) is 61.7 Å². The molecule has 0 saturated carbocycles. The van der Waals surface area contributed by atoms with Crippen LogP contribution in [0.3, 0.4) is 0 Å². The van der Waals surface area contributed by atoms with Gasteiger partial charge in [0.2, 0.25) is 0 Å². The molecule has 106 valence electrons. The van der Waals surface area contributed by atoms with Crippen molar-refractivity contribution in [3.63, 3.8) is 0 Å². The van der Waals surface area contributed by atoms with E-state index in [0.717, 1.165) is 6.04 Å². The zero-order chi connectivity index (χ0) is 12.6. The number of fused-ring (bicyclic) bond motifs is 1. The van der Waals surface area contributed by atoms with Gasteiger partial charge >= 0.3 is 0 Å². The van der Waals surface area contributed by atoms with E-state index in [1.807, 2.05) is 0 Å². The second kappa shape index (κ2) is 8.13. The minimum atomic E-state index is 0.868. The van der Waals surface area contributed by atoms with Crippen LogP contribution in [-0.2, 0) is 0 Å². The molecule has 1 atom stereocenters. The minimum Gasteiger partial charge on any atom is -0.315 e. The Morgan fingerprint density at radius 3 is 2.83 bits per heavy atom. The van der Waals surface area contributed by atoms with Gasteiger partial charge in [-0.15, -0.1) is 0 Å². The van der Waals surface area contributed by atoms with Gasteiger partial charge < -0.3 is 10.2 Å². The van der Waals surface area contributed by atoms with Crippen molar-refractivity contribution in [2.45, 2.75) is 51.5 Å². The summed E-state index contributed by atoms with van der Waals surface area (Å²) in [5.41, 5.74) is 0. The van der Waals surface area contributed by atoms with Gasteiger partial charge in [-0.2, -0.15) is 0 Å². The first-order valence-electron chi connectivity index (χ1n) is 8.07. The molecule has 2 rings (SSSR count). The van der Waals surface area contributed by atoms with E-state index in [1.165, 1.54) is 84.3 Å². The molecule has 0 bridgehead atoms. The number of rotatable bonds is 7. The van der Waals surface area contributed by atoms with Crippen LogP contribution in [0.25, 0.3) is 0 Å². The van der Waals surface area contributed by atoms with Crippen LogP contribution >= 0.6 is 0 Å². The second-order valence-corrected chi connectivity index (χ2v) is 5.94. The Balaban J connectivity index is 1.57. The Morgan fingerprint density at radius 1 is 1.06 bits per heavy atom. The molecule has 0 aromatic carbocycles. The van der Waals surface area contributed by atoms with Crippen LogP contribution in [0.15, 0.2) is 0 Å². The molecule has 0 aliphatic carbocycles. The van der Waals surface area contributed by atoms with Gasteiger partial charge in [0.25, 0.3) is 0 Å². The van der Waals surface area contributed by atoms with Gasteiger partial charge in [-0.1, -0.05) is 19.8 Å². The largest absolute Gasteiger partial charge is 0.315 e. The molecular formula is C15H31N3. The van der Waals surface area contributed by atoms with E-state index >= 15 is 0 Å². The van der Waals surface area contributed by atoms with E-state index in [2.05, 4.69) is 22.0 Å². The monoisotopic (exact) mass is 253 g/mol. The van der Waals surface area contributed by atoms with Crippen LogP contribution in [0.4, 0.5) is 0 Å². The lowest BCUT2D eigenvalue weighted by molar-refractivity contribution is 0.220. The normalized spacial score (nSPS) is 26.2. The standard InChI is InChI=1S/C15H31N3/c1-2-3-4-8-16-9-13-17-10-6-12-18-11-5-7-15(18)14-17/h15-16H,2-14H2,1H3. The SMILES string of the molecule is CCCCCNCCN1CCCN2CCCC2C1. The van der Waals surface area contributed by atoms with Gasteiger partial charge in [-0.05, 0) is 51.9 Å². The van der Waals surface area contributed by atoms with E-state index in [1.54, 1.807) is 0 Å². The molecular weight excluding hydrogens is 222 g/mol. The van der Waals surface area contributed by atoms with Crippen molar-refractivity contribution in [1.82, 2.24) is 15.1 Å². The summed E-state index contributed by atoms with van der Waals surface area (Å²) >= 11 is 0. The maximum Gasteiger partial charge on any atom is 0.0223 e. The van der Waals surface area contributed by atoms with Gasteiger partial charge in [0.1, 0.15) is 0 Å².